The summed E-state index contributed by atoms with van der Waals surface area (Å²) in [5, 5.41) is 7.24. The molecule has 0 bridgehead atoms. The lowest BCUT2D eigenvalue weighted by Crippen LogP contribution is -2.12. The van der Waals surface area contributed by atoms with Crippen molar-refractivity contribution in [2.75, 3.05) is 6.79 Å². The van der Waals surface area contributed by atoms with Crippen LogP contribution in [0.25, 0.3) is 0 Å². The fourth-order valence-electron chi connectivity index (χ4n) is 1.96. The molecule has 1 aliphatic heterocycles. The van der Waals surface area contributed by atoms with Crippen molar-refractivity contribution >= 4 is 28.3 Å². The van der Waals surface area contributed by atoms with Crippen LogP contribution in [-0.4, -0.2) is 11.9 Å². The molecule has 0 unspecified atom stereocenters. The van der Waals surface area contributed by atoms with Gasteiger partial charge in [0.1, 0.15) is 5.76 Å². The molecule has 7 heteroatoms. The number of nitrogens with one attached hydrogen (secondary N) is 1. The molecule has 0 amide bonds. The number of rotatable bonds is 4. The first-order chi connectivity index (χ1) is 9.22. The zero-order valence-corrected chi connectivity index (χ0v) is 13.2. The molecule has 0 aliphatic carbocycles. The van der Waals surface area contributed by atoms with Crippen LogP contribution in [0.4, 0.5) is 0 Å². The molecule has 1 aromatic heterocycles. The van der Waals surface area contributed by atoms with Crippen LogP contribution in [0.2, 0.25) is 0 Å². The van der Waals surface area contributed by atoms with Crippen LogP contribution in [0.5, 0.6) is 11.5 Å². The summed E-state index contributed by atoms with van der Waals surface area (Å²) in [7, 11) is 0. The maximum atomic E-state index is 5.38. The Labute approximate surface area is 131 Å². The summed E-state index contributed by atoms with van der Waals surface area (Å²) in [6.07, 6.45) is 0. The molecule has 0 radical (unpaired) electrons. The monoisotopic (exact) mass is 360 g/mol. The highest BCUT2D eigenvalue weighted by Gasteiger charge is 2.17. The second-order valence-electron chi connectivity index (χ2n) is 4.34. The third-order valence-electron chi connectivity index (χ3n) is 2.80. The summed E-state index contributed by atoms with van der Waals surface area (Å²) in [4.78, 5) is 0. The van der Waals surface area contributed by atoms with E-state index in [1.165, 1.54) is 0 Å². The van der Waals surface area contributed by atoms with E-state index in [0.29, 0.717) is 6.54 Å². The zero-order valence-electron chi connectivity index (χ0n) is 10.8. The van der Waals surface area contributed by atoms with Gasteiger partial charge in [-0.2, -0.15) is 0 Å². The number of aryl methyl sites for hydroxylation is 1. The van der Waals surface area contributed by atoms with Gasteiger partial charge in [0.05, 0.1) is 10.2 Å². The number of ether oxygens (including phenoxy) is 2. The Bertz CT molecular complexity index is 603. The Kier molecular flexibility index (Phi) is 4.91. The van der Waals surface area contributed by atoms with Gasteiger partial charge in [0.2, 0.25) is 6.79 Å². The van der Waals surface area contributed by atoms with E-state index in [-0.39, 0.29) is 19.2 Å². The molecule has 1 aromatic carbocycles. The maximum Gasteiger partial charge on any atom is 0.231 e. The zero-order chi connectivity index (χ0) is 13.2. The standard InChI is InChI=1S/C13H13BrN2O3.ClH/c1-8-2-10(16-19-8)6-15-5-9-3-11(14)13-12(4-9)17-7-18-13;/h2-4,15H,5-7H2,1H3;1H. The predicted molar refractivity (Wildman–Crippen MR) is 79.3 cm³/mol. The van der Waals surface area contributed by atoms with E-state index >= 15 is 0 Å². The lowest BCUT2D eigenvalue weighted by Gasteiger charge is -2.06. The molecule has 0 fully saturated rings. The quantitative estimate of drug-likeness (QED) is 0.906. The van der Waals surface area contributed by atoms with Crippen LogP contribution in [0.15, 0.2) is 27.2 Å². The first kappa shape index (κ1) is 15.2. The molecule has 2 aromatic rings. The van der Waals surface area contributed by atoms with Crippen LogP contribution in [0.3, 0.4) is 0 Å². The van der Waals surface area contributed by atoms with Crippen molar-refractivity contribution in [2.24, 2.45) is 0 Å². The maximum absolute atomic E-state index is 5.38. The van der Waals surface area contributed by atoms with Crippen LogP contribution >= 0.6 is 28.3 Å². The molecule has 1 aliphatic rings. The first-order valence-electron chi connectivity index (χ1n) is 5.93. The SMILES string of the molecule is Cc1cc(CNCc2cc(Br)c3c(c2)OCO3)no1.Cl. The van der Waals surface area contributed by atoms with Crippen molar-refractivity contribution < 1.29 is 14.0 Å². The minimum atomic E-state index is 0. The molecule has 108 valence electrons. The van der Waals surface area contributed by atoms with Crippen molar-refractivity contribution in [1.29, 1.82) is 0 Å². The number of halogens is 2. The molecule has 1 N–H and O–H groups in total. The molecule has 20 heavy (non-hydrogen) atoms. The summed E-state index contributed by atoms with van der Waals surface area (Å²) in [5.41, 5.74) is 2.02. The number of fused-ring (bicyclic) bond motifs is 1. The molecular formula is C13H14BrClN2O3. The summed E-state index contributed by atoms with van der Waals surface area (Å²) >= 11 is 3.48. The molecule has 0 atom stereocenters. The van der Waals surface area contributed by atoms with Crippen molar-refractivity contribution in [3.8, 4) is 11.5 Å². The molecule has 0 spiro atoms. The molecule has 2 heterocycles. The highest BCUT2D eigenvalue weighted by molar-refractivity contribution is 9.10. The Hall–Kier alpha value is -1.24. The molecule has 0 saturated heterocycles. The third kappa shape index (κ3) is 3.26. The van der Waals surface area contributed by atoms with Crippen molar-refractivity contribution in [3.05, 3.63) is 39.7 Å². The topological polar surface area (TPSA) is 56.5 Å². The number of benzene rings is 1. The van der Waals surface area contributed by atoms with Gasteiger partial charge in [-0.15, -0.1) is 12.4 Å². The minimum Gasteiger partial charge on any atom is -0.454 e. The normalized spacial score (nSPS) is 12.3. The summed E-state index contributed by atoms with van der Waals surface area (Å²) in [6.45, 7) is 3.55. The largest absolute Gasteiger partial charge is 0.454 e. The second-order valence-corrected chi connectivity index (χ2v) is 5.20. The molecule has 0 saturated carbocycles. The van der Waals surface area contributed by atoms with Crippen molar-refractivity contribution in [3.63, 3.8) is 0 Å². The predicted octanol–water partition coefficient (Wildman–Crippen LogP) is 3.19. The number of hydrogen-bond donors (Lipinski definition) is 1. The lowest BCUT2D eigenvalue weighted by atomic mass is 10.2. The van der Waals surface area contributed by atoms with Crippen LogP contribution in [0.1, 0.15) is 17.0 Å². The van der Waals surface area contributed by atoms with Gasteiger partial charge >= 0.3 is 0 Å². The van der Waals surface area contributed by atoms with Crippen LogP contribution in [-0.2, 0) is 13.1 Å². The average Bonchev–Trinajstić information content (AvgIpc) is 2.98. The van der Waals surface area contributed by atoms with Gasteiger partial charge in [0, 0.05) is 19.2 Å². The average molecular weight is 362 g/mol. The van der Waals surface area contributed by atoms with Crippen LogP contribution < -0.4 is 14.8 Å². The number of nitrogens with zero attached hydrogens (tertiary/aromatic N) is 1. The summed E-state index contributed by atoms with van der Waals surface area (Å²) in [5.74, 6) is 2.38. The second kappa shape index (κ2) is 6.47. The van der Waals surface area contributed by atoms with Crippen LogP contribution in [0, 0.1) is 6.92 Å². The third-order valence-corrected chi connectivity index (χ3v) is 3.39. The molecule has 5 nitrogen and oxygen atoms in total. The number of aromatic nitrogens is 1. The Morgan fingerprint density at radius 2 is 2.10 bits per heavy atom. The van der Waals surface area contributed by atoms with E-state index in [0.717, 1.165) is 39.5 Å². The van der Waals surface area contributed by atoms with Crippen molar-refractivity contribution in [1.82, 2.24) is 10.5 Å². The van der Waals surface area contributed by atoms with Gasteiger partial charge in [-0.1, -0.05) is 5.16 Å². The van der Waals surface area contributed by atoms with E-state index in [1.54, 1.807) is 0 Å². The molecular weight excluding hydrogens is 348 g/mol. The fourth-order valence-corrected chi connectivity index (χ4v) is 2.56. The van der Waals surface area contributed by atoms with Gasteiger partial charge in [0.15, 0.2) is 11.5 Å². The lowest BCUT2D eigenvalue weighted by molar-refractivity contribution is 0.173. The van der Waals surface area contributed by atoms with Gasteiger partial charge < -0.3 is 19.3 Å². The molecule has 3 rings (SSSR count). The fraction of sp³-hybridized carbons (Fsp3) is 0.308. The Balaban J connectivity index is 0.00000147. The van der Waals surface area contributed by atoms with Crippen molar-refractivity contribution in [2.45, 2.75) is 20.0 Å². The van der Waals surface area contributed by atoms with E-state index in [4.69, 9.17) is 14.0 Å². The number of hydrogen-bond acceptors (Lipinski definition) is 5. The first-order valence-corrected chi connectivity index (χ1v) is 6.72. The minimum absolute atomic E-state index is 0. The Morgan fingerprint density at radius 1 is 1.25 bits per heavy atom. The Morgan fingerprint density at radius 3 is 2.85 bits per heavy atom. The highest BCUT2D eigenvalue weighted by atomic mass is 79.9. The van der Waals surface area contributed by atoms with Gasteiger partial charge in [0.25, 0.3) is 0 Å². The van der Waals surface area contributed by atoms with Gasteiger partial charge in [-0.3, -0.25) is 0 Å². The summed E-state index contributed by atoms with van der Waals surface area (Å²) in [6, 6.07) is 5.92. The van der Waals surface area contributed by atoms with E-state index in [2.05, 4.69) is 26.4 Å². The van der Waals surface area contributed by atoms with Gasteiger partial charge in [-0.25, -0.2) is 0 Å². The summed E-state index contributed by atoms with van der Waals surface area (Å²) < 4.78 is 16.7. The highest BCUT2D eigenvalue weighted by Crippen LogP contribution is 2.39. The smallest absolute Gasteiger partial charge is 0.231 e. The van der Waals surface area contributed by atoms with E-state index in [9.17, 15) is 0 Å². The van der Waals surface area contributed by atoms with Gasteiger partial charge in [-0.05, 0) is 40.5 Å². The van der Waals surface area contributed by atoms with E-state index < -0.39 is 0 Å². The van der Waals surface area contributed by atoms with E-state index in [1.807, 2.05) is 25.1 Å².